The molecule has 8 rings (SSSR count). The van der Waals surface area contributed by atoms with Crippen LogP contribution < -0.4 is 0 Å². The van der Waals surface area contributed by atoms with Gasteiger partial charge in [0, 0.05) is 22.6 Å². The lowest BCUT2D eigenvalue weighted by Gasteiger charge is -2.56. The molecule has 2 heterocycles. The monoisotopic (exact) mass is 419 g/mol. The standard InChI is InChI=1S/C26H27F2N3/c27-24(28)20-11-21(26-12-15-8-16(13-26)10-17(9-15)14-26)29-25-22(20)23(18-6-7-18)30-31(25)19-4-2-1-3-5-19/h1-5,11,15-18,24H,6-10,12-14H2. The number of hydrogen-bond acceptors (Lipinski definition) is 2. The van der Waals surface area contributed by atoms with Crippen molar-refractivity contribution in [2.24, 2.45) is 17.8 Å². The Hall–Kier alpha value is -2.30. The van der Waals surface area contributed by atoms with E-state index in [0.717, 1.165) is 66.9 Å². The van der Waals surface area contributed by atoms with Crippen molar-refractivity contribution >= 4 is 11.0 Å². The van der Waals surface area contributed by atoms with E-state index >= 15 is 0 Å². The Morgan fingerprint density at radius 1 is 0.935 bits per heavy atom. The predicted octanol–water partition coefficient (Wildman–Crippen LogP) is 6.70. The smallest absolute Gasteiger partial charge is 0.232 e. The highest BCUT2D eigenvalue weighted by atomic mass is 19.3. The molecule has 5 aliphatic rings. The number of fused-ring (bicyclic) bond motifs is 1. The molecule has 0 N–H and O–H groups in total. The zero-order valence-corrected chi connectivity index (χ0v) is 17.6. The quantitative estimate of drug-likeness (QED) is 0.471. The molecule has 5 aliphatic carbocycles. The zero-order chi connectivity index (χ0) is 20.7. The van der Waals surface area contributed by atoms with Crippen LogP contribution in [0.4, 0.5) is 8.78 Å². The van der Waals surface area contributed by atoms with Gasteiger partial charge in [-0.1, -0.05) is 18.2 Å². The van der Waals surface area contributed by atoms with E-state index in [1.54, 1.807) is 6.07 Å². The highest BCUT2D eigenvalue weighted by molar-refractivity contribution is 5.85. The minimum atomic E-state index is -2.51. The summed E-state index contributed by atoms with van der Waals surface area (Å²) in [5, 5.41) is 5.48. The van der Waals surface area contributed by atoms with Crippen molar-refractivity contribution in [3.63, 3.8) is 0 Å². The first-order valence-electron chi connectivity index (χ1n) is 11.9. The Bertz CT molecular complexity index is 1130. The summed E-state index contributed by atoms with van der Waals surface area (Å²) in [7, 11) is 0. The Labute approximate surface area is 180 Å². The molecule has 2 aromatic heterocycles. The summed E-state index contributed by atoms with van der Waals surface area (Å²) in [6.07, 6.45) is 6.90. The van der Waals surface area contributed by atoms with Gasteiger partial charge in [-0.3, -0.25) is 0 Å². The third kappa shape index (κ3) is 2.74. The van der Waals surface area contributed by atoms with Crippen LogP contribution in [0.1, 0.15) is 80.7 Å². The number of aromatic nitrogens is 3. The molecule has 5 saturated carbocycles. The van der Waals surface area contributed by atoms with Crippen LogP contribution in [0.25, 0.3) is 16.7 Å². The zero-order valence-electron chi connectivity index (χ0n) is 17.6. The number of alkyl halides is 2. The largest absolute Gasteiger partial charge is 0.264 e. The van der Waals surface area contributed by atoms with Crippen molar-refractivity contribution in [2.75, 3.05) is 0 Å². The first-order valence-corrected chi connectivity index (χ1v) is 11.9. The van der Waals surface area contributed by atoms with Gasteiger partial charge in [-0.25, -0.2) is 18.4 Å². The van der Waals surface area contributed by atoms with Crippen LogP contribution in [0, 0.1) is 17.8 Å². The molecule has 0 aliphatic heterocycles. The summed E-state index contributed by atoms with van der Waals surface area (Å²) in [4.78, 5) is 5.18. The summed E-state index contributed by atoms with van der Waals surface area (Å²) in [6, 6.07) is 11.7. The molecule has 0 radical (unpaired) electrons. The van der Waals surface area contributed by atoms with E-state index in [0.29, 0.717) is 11.0 Å². The number of rotatable bonds is 4. The lowest BCUT2D eigenvalue weighted by atomic mass is 9.48. The Kier molecular flexibility index (Phi) is 3.76. The van der Waals surface area contributed by atoms with Crippen molar-refractivity contribution in [3.8, 4) is 5.69 Å². The summed E-state index contributed by atoms with van der Waals surface area (Å²) in [6.45, 7) is 0. The SMILES string of the molecule is FC(F)c1cc(C23CC4CC(CC(C4)C2)C3)nc2c1c(C1CC1)nn2-c1ccccc1. The molecule has 3 nitrogen and oxygen atoms in total. The van der Waals surface area contributed by atoms with Gasteiger partial charge < -0.3 is 0 Å². The van der Waals surface area contributed by atoms with Crippen molar-refractivity contribution in [3.05, 3.63) is 53.3 Å². The maximum atomic E-state index is 14.5. The second-order valence-electron chi connectivity index (χ2n) is 10.7. The Balaban J connectivity index is 1.48. The van der Waals surface area contributed by atoms with E-state index in [-0.39, 0.29) is 16.9 Å². The van der Waals surface area contributed by atoms with Gasteiger partial charge in [0.05, 0.1) is 16.8 Å². The van der Waals surface area contributed by atoms with Crippen LogP contribution in [0.15, 0.2) is 36.4 Å². The van der Waals surface area contributed by atoms with Crippen molar-refractivity contribution in [1.82, 2.24) is 14.8 Å². The fraction of sp³-hybridized carbons (Fsp3) is 0.538. The summed E-state index contributed by atoms with van der Waals surface area (Å²) in [5.41, 5.74) is 3.40. The van der Waals surface area contributed by atoms with Crippen LogP contribution in [0.3, 0.4) is 0 Å². The van der Waals surface area contributed by atoms with Gasteiger partial charge >= 0.3 is 0 Å². The number of para-hydroxylation sites is 1. The van der Waals surface area contributed by atoms with E-state index in [9.17, 15) is 8.78 Å². The fourth-order valence-electron chi connectivity index (χ4n) is 7.43. The van der Waals surface area contributed by atoms with Gasteiger partial charge in [0.1, 0.15) is 0 Å². The second kappa shape index (κ2) is 6.36. The van der Waals surface area contributed by atoms with Crippen LogP contribution in [0.5, 0.6) is 0 Å². The molecule has 160 valence electrons. The highest BCUT2D eigenvalue weighted by Gasteiger charge is 2.52. The van der Waals surface area contributed by atoms with Gasteiger partial charge in [-0.15, -0.1) is 0 Å². The minimum Gasteiger partial charge on any atom is -0.232 e. The fourth-order valence-corrected chi connectivity index (χ4v) is 7.43. The molecule has 0 unspecified atom stereocenters. The van der Waals surface area contributed by atoms with Gasteiger partial charge in [0.25, 0.3) is 6.43 Å². The summed E-state index contributed by atoms with van der Waals surface area (Å²) >= 11 is 0. The lowest BCUT2D eigenvalue weighted by Crippen LogP contribution is -2.49. The number of halogens is 2. The molecule has 5 fully saturated rings. The lowest BCUT2D eigenvalue weighted by molar-refractivity contribution is -0.00721. The number of nitrogens with zero attached hydrogens (tertiary/aromatic N) is 3. The molecule has 1 aromatic carbocycles. The van der Waals surface area contributed by atoms with Crippen LogP contribution in [-0.4, -0.2) is 14.8 Å². The van der Waals surface area contributed by atoms with Gasteiger partial charge in [0.15, 0.2) is 5.65 Å². The van der Waals surface area contributed by atoms with Crippen molar-refractivity contribution in [1.29, 1.82) is 0 Å². The normalized spacial score (nSPS) is 31.8. The molecule has 31 heavy (non-hydrogen) atoms. The molecule has 3 aromatic rings. The van der Waals surface area contributed by atoms with Gasteiger partial charge in [-0.05, 0) is 87.3 Å². The van der Waals surface area contributed by atoms with E-state index < -0.39 is 6.43 Å². The van der Waals surface area contributed by atoms with Gasteiger partial charge in [0.2, 0.25) is 0 Å². The first-order chi connectivity index (χ1) is 15.1. The van der Waals surface area contributed by atoms with Crippen LogP contribution in [-0.2, 0) is 5.41 Å². The molecule has 5 heteroatoms. The molecule has 4 bridgehead atoms. The van der Waals surface area contributed by atoms with E-state index in [1.165, 1.54) is 19.3 Å². The van der Waals surface area contributed by atoms with E-state index in [1.807, 2.05) is 35.0 Å². The molecule has 0 saturated heterocycles. The average Bonchev–Trinajstić information content (AvgIpc) is 3.53. The molecular formula is C26H27F2N3. The molecule has 0 spiro atoms. The number of hydrogen-bond donors (Lipinski definition) is 0. The van der Waals surface area contributed by atoms with Crippen molar-refractivity contribution in [2.45, 2.75) is 69.1 Å². The first kappa shape index (κ1) is 18.3. The Morgan fingerprint density at radius 2 is 1.58 bits per heavy atom. The maximum absolute atomic E-state index is 14.5. The van der Waals surface area contributed by atoms with Crippen LogP contribution in [0.2, 0.25) is 0 Å². The van der Waals surface area contributed by atoms with E-state index in [4.69, 9.17) is 10.1 Å². The highest BCUT2D eigenvalue weighted by Crippen LogP contribution is 2.61. The molecular weight excluding hydrogens is 392 g/mol. The van der Waals surface area contributed by atoms with Crippen LogP contribution >= 0.6 is 0 Å². The number of pyridine rings is 1. The maximum Gasteiger partial charge on any atom is 0.264 e. The van der Waals surface area contributed by atoms with Gasteiger partial charge in [-0.2, -0.15) is 5.10 Å². The summed E-state index contributed by atoms with van der Waals surface area (Å²) in [5.74, 6) is 2.54. The topological polar surface area (TPSA) is 30.7 Å². The average molecular weight is 420 g/mol. The predicted molar refractivity (Wildman–Crippen MR) is 116 cm³/mol. The molecule has 0 atom stereocenters. The van der Waals surface area contributed by atoms with Crippen molar-refractivity contribution < 1.29 is 8.78 Å². The summed E-state index contributed by atoms with van der Waals surface area (Å²) < 4.78 is 30.8. The molecule has 0 amide bonds. The third-order valence-corrected chi connectivity index (χ3v) is 8.48. The number of benzene rings is 1. The third-order valence-electron chi connectivity index (χ3n) is 8.48. The second-order valence-corrected chi connectivity index (χ2v) is 10.7. The van der Waals surface area contributed by atoms with E-state index in [2.05, 4.69) is 0 Å². The Morgan fingerprint density at radius 3 is 2.16 bits per heavy atom. The minimum absolute atomic E-state index is 0.0158.